The molecule has 0 amide bonds. The van der Waals surface area contributed by atoms with Crippen molar-refractivity contribution in [1.29, 1.82) is 0 Å². The molecule has 6 heteroatoms. The highest BCUT2D eigenvalue weighted by atomic mass is 32.1. The van der Waals surface area contributed by atoms with Gasteiger partial charge in [-0.2, -0.15) is 0 Å². The Balaban J connectivity index is 2.57. The van der Waals surface area contributed by atoms with Crippen LogP contribution in [0.3, 0.4) is 0 Å². The summed E-state index contributed by atoms with van der Waals surface area (Å²) in [6.07, 6.45) is 0. The predicted molar refractivity (Wildman–Crippen MR) is 55.0 cm³/mol. The first kappa shape index (κ1) is 9.85. The van der Waals surface area contributed by atoms with Gasteiger partial charge in [0.15, 0.2) is 0 Å². The summed E-state index contributed by atoms with van der Waals surface area (Å²) >= 11 is 1.26. The molecule has 1 N–H and O–H groups in total. The number of rotatable bonds is 2. The van der Waals surface area contributed by atoms with Crippen LogP contribution in [0.25, 0.3) is 10.3 Å². The van der Waals surface area contributed by atoms with Crippen LogP contribution in [0.2, 0.25) is 0 Å². The maximum atomic E-state index is 11.5. The zero-order chi connectivity index (χ0) is 10.8. The van der Waals surface area contributed by atoms with E-state index in [1.54, 1.807) is 12.4 Å². The number of thiazole rings is 1. The van der Waals surface area contributed by atoms with E-state index in [2.05, 4.69) is 9.97 Å². The zero-order valence-electron chi connectivity index (χ0n) is 7.93. The summed E-state index contributed by atoms with van der Waals surface area (Å²) < 4.78 is 4.85. The van der Waals surface area contributed by atoms with Gasteiger partial charge in [-0.25, -0.2) is 14.8 Å². The molecular weight excluding hydrogens is 216 g/mol. The molecule has 0 radical (unpaired) electrons. The number of pyridine rings is 1. The Morgan fingerprint density at radius 2 is 2.47 bits per heavy atom. The molecule has 5 nitrogen and oxygen atoms in total. The Kier molecular flexibility index (Phi) is 2.51. The number of aromatic hydroxyl groups is 1. The van der Waals surface area contributed by atoms with Gasteiger partial charge < -0.3 is 9.84 Å². The van der Waals surface area contributed by atoms with E-state index in [1.807, 2.05) is 0 Å². The normalized spacial score (nSPS) is 10.5. The lowest BCUT2D eigenvalue weighted by atomic mass is 10.2. The van der Waals surface area contributed by atoms with Crippen LogP contribution in [0, 0.1) is 0 Å². The van der Waals surface area contributed by atoms with E-state index in [1.165, 1.54) is 17.4 Å². The van der Waals surface area contributed by atoms with Gasteiger partial charge in [0, 0.05) is 6.07 Å². The summed E-state index contributed by atoms with van der Waals surface area (Å²) in [5.41, 5.74) is 2.29. The minimum atomic E-state index is -0.494. The van der Waals surface area contributed by atoms with Crippen molar-refractivity contribution >= 4 is 27.7 Å². The summed E-state index contributed by atoms with van der Waals surface area (Å²) in [5.74, 6) is -0.694. The van der Waals surface area contributed by atoms with Gasteiger partial charge >= 0.3 is 5.97 Å². The van der Waals surface area contributed by atoms with Gasteiger partial charge in [-0.3, -0.25) is 0 Å². The van der Waals surface area contributed by atoms with Crippen LogP contribution in [0.5, 0.6) is 5.88 Å². The van der Waals surface area contributed by atoms with Gasteiger partial charge in [0.2, 0.25) is 5.88 Å². The number of carbonyl (C=O) groups is 1. The Morgan fingerprint density at radius 3 is 3.20 bits per heavy atom. The highest BCUT2D eigenvalue weighted by Crippen LogP contribution is 2.23. The van der Waals surface area contributed by atoms with Crippen molar-refractivity contribution in [2.75, 3.05) is 6.61 Å². The van der Waals surface area contributed by atoms with E-state index in [4.69, 9.17) is 4.74 Å². The number of ether oxygens (including phenoxy) is 1. The molecule has 0 saturated carbocycles. The summed E-state index contributed by atoms with van der Waals surface area (Å²) in [6, 6.07) is 1.26. The number of nitrogens with zero attached hydrogens (tertiary/aromatic N) is 2. The second kappa shape index (κ2) is 3.82. The average Bonchev–Trinajstić information content (AvgIpc) is 2.64. The highest BCUT2D eigenvalue weighted by Gasteiger charge is 2.15. The minimum Gasteiger partial charge on any atom is -0.493 e. The number of fused-ring (bicyclic) bond motifs is 1. The van der Waals surface area contributed by atoms with Crippen molar-refractivity contribution in [3.05, 3.63) is 17.1 Å². The smallest absolute Gasteiger partial charge is 0.340 e. The van der Waals surface area contributed by atoms with Crippen molar-refractivity contribution in [3.63, 3.8) is 0 Å². The van der Waals surface area contributed by atoms with Gasteiger partial charge in [-0.1, -0.05) is 0 Å². The highest BCUT2D eigenvalue weighted by molar-refractivity contribution is 7.16. The molecule has 2 rings (SSSR count). The fraction of sp³-hybridized carbons (Fsp3) is 0.222. The van der Waals surface area contributed by atoms with Crippen LogP contribution in [-0.4, -0.2) is 27.7 Å². The minimum absolute atomic E-state index is 0.199. The zero-order valence-corrected chi connectivity index (χ0v) is 8.74. The van der Waals surface area contributed by atoms with Gasteiger partial charge in [-0.15, -0.1) is 11.3 Å². The lowest BCUT2D eigenvalue weighted by molar-refractivity contribution is 0.0528. The monoisotopic (exact) mass is 224 g/mol. The Morgan fingerprint density at radius 1 is 1.67 bits per heavy atom. The van der Waals surface area contributed by atoms with Gasteiger partial charge in [0.25, 0.3) is 0 Å². The van der Waals surface area contributed by atoms with Crippen molar-refractivity contribution in [2.45, 2.75) is 6.92 Å². The van der Waals surface area contributed by atoms with E-state index in [-0.39, 0.29) is 18.1 Å². The van der Waals surface area contributed by atoms with E-state index >= 15 is 0 Å². The second-order valence-electron chi connectivity index (χ2n) is 2.75. The van der Waals surface area contributed by atoms with Crippen LogP contribution in [0.15, 0.2) is 11.6 Å². The molecule has 0 atom stereocenters. The largest absolute Gasteiger partial charge is 0.493 e. The quantitative estimate of drug-likeness (QED) is 0.784. The van der Waals surface area contributed by atoms with Crippen LogP contribution in [-0.2, 0) is 4.74 Å². The molecule has 0 unspecified atom stereocenters. The molecule has 0 spiro atoms. The van der Waals surface area contributed by atoms with Crippen LogP contribution in [0.4, 0.5) is 0 Å². The third-order valence-corrected chi connectivity index (χ3v) is 2.51. The first-order valence-corrected chi connectivity index (χ1v) is 5.20. The van der Waals surface area contributed by atoms with Crippen molar-refractivity contribution < 1.29 is 14.6 Å². The lowest BCUT2D eigenvalue weighted by Gasteiger charge is -2.02. The Hall–Kier alpha value is -1.69. The summed E-state index contributed by atoms with van der Waals surface area (Å²) in [6.45, 7) is 2.00. The molecule has 0 saturated heterocycles. The van der Waals surface area contributed by atoms with E-state index in [9.17, 15) is 9.90 Å². The molecule has 2 aromatic rings. The molecule has 0 bridgehead atoms. The average molecular weight is 224 g/mol. The molecule has 0 aromatic carbocycles. The molecule has 0 aliphatic carbocycles. The third-order valence-electron chi connectivity index (χ3n) is 1.79. The first-order chi connectivity index (χ1) is 7.22. The molecule has 78 valence electrons. The SMILES string of the molecule is CCOC(=O)c1cc(O)nc2scnc12. The number of hydrogen-bond acceptors (Lipinski definition) is 6. The second-order valence-corrected chi connectivity index (χ2v) is 3.59. The van der Waals surface area contributed by atoms with E-state index < -0.39 is 5.97 Å². The van der Waals surface area contributed by atoms with Gasteiger partial charge in [0.05, 0.1) is 17.7 Å². The Bertz CT molecular complexity index is 509. The number of hydrogen-bond donors (Lipinski definition) is 1. The molecular formula is C9H8N2O3S. The van der Waals surface area contributed by atoms with Crippen LogP contribution < -0.4 is 0 Å². The van der Waals surface area contributed by atoms with Gasteiger partial charge in [0.1, 0.15) is 10.3 Å². The molecule has 2 heterocycles. The third kappa shape index (κ3) is 1.75. The lowest BCUT2D eigenvalue weighted by Crippen LogP contribution is -2.05. The fourth-order valence-corrected chi connectivity index (χ4v) is 1.88. The molecule has 0 aliphatic rings. The summed E-state index contributed by atoms with van der Waals surface area (Å²) in [5, 5.41) is 9.31. The van der Waals surface area contributed by atoms with E-state index in [0.717, 1.165) is 0 Å². The Labute approximate surface area is 89.4 Å². The molecule has 0 aliphatic heterocycles. The fourth-order valence-electron chi connectivity index (χ4n) is 1.20. The van der Waals surface area contributed by atoms with Gasteiger partial charge in [-0.05, 0) is 6.92 Å². The van der Waals surface area contributed by atoms with Crippen molar-refractivity contribution in [1.82, 2.24) is 9.97 Å². The standard InChI is InChI=1S/C9H8N2O3S/c1-2-14-9(13)5-3-6(12)11-8-7(5)10-4-15-8/h3-4H,2H2,1H3,(H,11,12). The first-order valence-electron chi connectivity index (χ1n) is 4.32. The number of aromatic nitrogens is 2. The number of esters is 1. The maximum Gasteiger partial charge on any atom is 0.340 e. The van der Waals surface area contributed by atoms with Crippen LogP contribution >= 0.6 is 11.3 Å². The summed E-state index contributed by atoms with van der Waals surface area (Å²) in [7, 11) is 0. The topological polar surface area (TPSA) is 72.3 Å². The molecule has 2 aromatic heterocycles. The number of carbonyl (C=O) groups excluding carboxylic acids is 1. The van der Waals surface area contributed by atoms with Crippen molar-refractivity contribution in [2.24, 2.45) is 0 Å². The maximum absolute atomic E-state index is 11.5. The van der Waals surface area contributed by atoms with E-state index in [0.29, 0.717) is 10.3 Å². The molecule has 0 fully saturated rings. The predicted octanol–water partition coefficient (Wildman–Crippen LogP) is 1.57. The summed E-state index contributed by atoms with van der Waals surface area (Å²) in [4.78, 5) is 19.9. The van der Waals surface area contributed by atoms with Crippen LogP contribution in [0.1, 0.15) is 17.3 Å². The van der Waals surface area contributed by atoms with Crippen molar-refractivity contribution in [3.8, 4) is 5.88 Å². The molecule has 15 heavy (non-hydrogen) atoms.